The van der Waals surface area contributed by atoms with E-state index in [1.54, 1.807) is 42.7 Å². The second-order valence-corrected chi connectivity index (χ2v) is 5.01. The Balaban J connectivity index is 1.72. The summed E-state index contributed by atoms with van der Waals surface area (Å²) in [5.41, 5.74) is 1.81. The smallest absolute Gasteiger partial charge is 0.341 e. The van der Waals surface area contributed by atoms with Gasteiger partial charge in [0.25, 0.3) is 5.91 Å². The van der Waals surface area contributed by atoms with Gasteiger partial charge in [0.15, 0.2) is 6.10 Å². The minimum absolute atomic E-state index is 0.265. The van der Waals surface area contributed by atoms with E-state index in [4.69, 9.17) is 4.74 Å². The molecule has 0 radical (unpaired) electrons. The second-order valence-electron chi connectivity index (χ2n) is 5.01. The number of para-hydroxylation sites is 1. The molecule has 0 bridgehead atoms. The molecule has 2 heterocycles. The highest BCUT2D eigenvalue weighted by Gasteiger charge is 2.21. The van der Waals surface area contributed by atoms with Gasteiger partial charge in [-0.1, -0.05) is 6.07 Å². The highest BCUT2D eigenvalue weighted by Crippen LogP contribution is 2.16. The lowest BCUT2D eigenvalue weighted by Crippen LogP contribution is -2.30. The number of nitrogens with zero attached hydrogens (tertiary/aromatic N) is 3. The molecule has 1 aromatic carbocycles. The van der Waals surface area contributed by atoms with Gasteiger partial charge in [-0.15, -0.1) is 0 Å². The van der Waals surface area contributed by atoms with Crippen molar-refractivity contribution in [1.29, 1.82) is 0 Å². The third kappa shape index (κ3) is 3.35. The summed E-state index contributed by atoms with van der Waals surface area (Å²) in [6.07, 6.45) is 5.18. The first kappa shape index (κ1) is 15.5. The van der Waals surface area contributed by atoms with Crippen molar-refractivity contribution < 1.29 is 14.3 Å². The average molecular weight is 322 g/mol. The van der Waals surface area contributed by atoms with Gasteiger partial charge in [0, 0.05) is 18.6 Å². The maximum Gasteiger partial charge on any atom is 0.341 e. The van der Waals surface area contributed by atoms with E-state index >= 15 is 0 Å². The van der Waals surface area contributed by atoms with Gasteiger partial charge < -0.3 is 10.1 Å². The zero-order valence-electron chi connectivity index (χ0n) is 12.8. The van der Waals surface area contributed by atoms with Crippen molar-refractivity contribution >= 4 is 28.6 Å². The number of benzene rings is 1. The van der Waals surface area contributed by atoms with Crippen LogP contribution >= 0.6 is 0 Å². The van der Waals surface area contributed by atoms with E-state index in [1.165, 1.54) is 19.3 Å². The molecule has 7 heteroatoms. The summed E-state index contributed by atoms with van der Waals surface area (Å²) in [6.45, 7) is 1.50. The van der Waals surface area contributed by atoms with Crippen molar-refractivity contribution in [3.63, 3.8) is 0 Å². The van der Waals surface area contributed by atoms with Crippen LogP contribution in [0.3, 0.4) is 0 Å². The predicted octanol–water partition coefficient (Wildman–Crippen LogP) is 2.21. The van der Waals surface area contributed by atoms with Gasteiger partial charge in [-0.25, -0.2) is 4.79 Å². The number of pyridine rings is 1. The number of amides is 1. The standard InChI is InChI=1S/C17H14N4O3/c1-11(16(22)21-12-4-3-7-18-10-12)24-17(23)13-5-2-6-14-15(13)20-9-8-19-14/h2-11H,1H3,(H,21,22). The minimum Gasteiger partial charge on any atom is -0.449 e. The van der Waals surface area contributed by atoms with Gasteiger partial charge in [0.1, 0.15) is 5.52 Å². The third-order valence-corrected chi connectivity index (χ3v) is 3.30. The van der Waals surface area contributed by atoms with E-state index in [2.05, 4.69) is 20.3 Å². The molecule has 7 nitrogen and oxygen atoms in total. The number of nitrogens with one attached hydrogen (secondary N) is 1. The van der Waals surface area contributed by atoms with Crippen LogP contribution in [0.5, 0.6) is 0 Å². The van der Waals surface area contributed by atoms with E-state index < -0.39 is 18.0 Å². The van der Waals surface area contributed by atoms with Gasteiger partial charge in [-0.2, -0.15) is 0 Å². The van der Waals surface area contributed by atoms with Crippen LogP contribution in [-0.2, 0) is 9.53 Å². The zero-order valence-corrected chi connectivity index (χ0v) is 12.8. The summed E-state index contributed by atoms with van der Waals surface area (Å²) in [5.74, 6) is -1.07. The Morgan fingerprint density at radius 1 is 1.08 bits per heavy atom. The summed E-state index contributed by atoms with van der Waals surface area (Å²) in [5, 5.41) is 2.63. The maximum absolute atomic E-state index is 12.3. The Bertz CT molecular complexity index is 878. The molecule has 3 aromatic rings. The van der Waals surface area contributed by atoms with Crippen molar-refractivity contribution in [2.75, 3.05) is 5.32 Å². The van der Waals surface area contributed by atoms with Crippen molar-refractivity contribution in [2.45, 2.75) is 13.0 Å². The van der Waals surface area contributed by atoms with Crippen LogP contribution in [0.15, 0.2) is 55.1 Å². The van der Waals surface area contributed by atoms with Crippen LogP contribution in [0, 0.1) is 0 Å². The van der Waals surface area contributed by atoms with Gasteiger partial charge in [-0.05, 0) is 31.2 Å². The molecule has 3 rings (SSSR count). The molecule has 0 fully saturated rings. The summed E-state index contributed by atoms with van der Waals surface area (Å²) < 4.78 is 5.24. The molecule has 24 heavy (non-hydrogen) atoms. The molecular formula is C17H14N4O3. The SMILES string of the molecule is CC(OC(=O)c1cccc2nccnc12)C(=O)Nc1cccnc1. The fraction of sp³-hybridized carbons (Fsp3) is 0.118. The molecule has 2 aromatic heterocycles. The largest absolute Gasteiger partial charge is 0.449 e. The lowest BCUT2D eigenvalue weighted by atomic mass is 10.2. The normalized spacial score (nSPS) is 11.7. The fourth-order valence-electron chi connectivity index (χ4n) is 2.12. The minimum atomic E-state index is -0.968. The number of ether oxygens (including phenoxy) is 1. The zero-order chi connectivity index (χ0) is 16.9. The van der Waals surface area contributed by atoms with Crippen LogP contribution < -0.4 is 5.32 Å². The number of rotatable bonds is 4. The van der Waals surface area contributed by atoms with Crippen molar-refractivity contribution in [1.82, 2.24) is 15.0 Å². The molecule has 0 spiro atoms. The molecule has 0 aliphatic heterocycles. The second kappa shape index (κ2) is 6.82. The average Bonchev–Trinajstić information content (AvgIpc) is 2.62. The molecule has 0 saturated heterocycles. The maximum atomic E-state index is 12.3. The number of carbonyl (C=O) groups is 2. The molecule has 0 aliphatic carbocycles. The summed E-state index contributed by atoms with van der Waals surface area (Å²) >= 11 is 0. The number of anilines is 1. The highest BCUT2D eigenvalue weighted by molar-refractivity contribution is 6.03. The monoisotopic (exact) mass is 322 g/mol. The molecule has 1 unspecified atom stereocenters. The quantitative estimate of drug-likeness (QED) is 0.740. The van der Waals surface area contributed by atoms with Crippen LogP contribution in [0.1, 0.15) is 17.3 Å². The van der Waals surface area contributed by atoms with E-state index in [1.807, 2.05) is 0 Å². The fourth-order valence-corrected chi connectivity index (χ4v) is 2.12. The van der Waals surface area contributed by atoms with Gasteiger partial charge >= 0.3 is 5.97 Å². The lowest BCUT2D eigenvalue weighted by Gasteiger charge is -2.13. The van der Waals surface area contributed by atoms with E-state index in [9.17, 15) is 9.59 Å². The predicted molar refractivity (Wildman–Crippen MR) is 87.3 cm³/mol. The topological polar surface area (TPSA) is 94.1 Å². The Morgan fingerprint density at radius 3 is 2.71 bits per heavy atom. The van der Waals surface area contributed by atoms with Crippen LogP contribution in [-0.4, -0.2) is 32.9 Å². The van der Waals surface area contributed by atoms with Crippen molar-refractivity contribution in [2.24, 2.45) is 0 Å². The van der Waals surface area contributed by atoms with E-state index in [0.717, 1.165) is 0 Å². The summed E-state index contributed by atoms with van der Waals surface area (Å²) in [4.78, 5) is 36.6. The number of fused-ring (bicyclic) bond motifs is 1. The first-order valence-corrected chi connectivity index (χ1v) is 7.27. The molecule has 120 valence electrons. The Hall–Kier alpha value is -3.35. The van der Waals surface area contributed by atoms with E-state index in [0.29, 0.717) is 16.7 Å². The number of aromatic nitrogens is 3. The number of carbonyl (C=O) groups excluding carboxylic acids is 2. The Labute approximate surface area is 137 Å². The third-order valence-electron chi connectivity index (χ3n) is 3.30. The van der Waals surface area contributed by atoms with Crippen LogP contribution in [0.25, 0.3) is 11.0 Å². The Morgan fingerprint density at radius 2 is 1.92 bits per heavy atom. The lowest BCUT2D eigenvalue weighted by molar-refractivity contribution is -0.123. The number of hydrogen-bond acceptors (Lipinski definition) is 6. The van der Waals surface area contributed by atoms with Crippen LogP contribution in [0.4, 0.5) is 5.69 Å². The summed E-state index contributed by atoms with van der Waals surface area (Å²) in [6, 6.07) is 8.41. The molecular weight excluding hydrogens is 308 g/mol. The van der Waals surface area contributed by atoms with Gasteiger partial charge in [0.2, 0.25) is 0 Å². The summed E-state index contributed by atoms with van der Waals surface area (Å²) in [7, 11) is 0. The van der Waals surface area contributed by atoms with Crippen molar-refractivity contribution in [3.8, 4) is 0 Å². The van der Waals surface area contributed by atoms with Gasteiger partial charge in [0.05, 0.1) is 23.0 Å². The number of esters is 1. The first-order valence-electron chi connectivity index (χ1n) is 7.27. The molecule has 1 N–H and O–H groups in total. The molecule has 0 aliphatic rings. The number of hydrogen-bond donors (Lipinski definition) is 1. The van der Waals surface area contributed by atoms with Crippen molar-refractivity contribution in [3.05, 3.63) is 60.7 Å². The van der Waals surface area contributed by atoms with E-state index in [-0.39, 0.29) is 5.56 Å². The highest BCUT2D eigenvalue weighted by atomic mass is 16.5. The first-order chi connectivity index (χ1) is 11.6. The van der Waals surface area contributed by atoms with Crippen LogP contribution in [0.2, 0.25) is 0 Å². The molecule has 0 saturated carbocycles. The molecule has 1 amide bonds. The Kier molecular flexibility index (Phi) is 4.42. The molecule has 1 atom stereocenters. The van der Waals surface area contributed by atoms with Gasteiger partial charge in [-0.3, -0.25) is 19.7 Å².